The largest absolute Gasteiger partial charge is 0.436 e. The maximum Gasteiger partial charge on any atom is 0.412 e. The monoisotopic (exact) mass is 512 g/mol. The molecule has 0 unspecified atom stereocenters. The molecule has 0 bridgehead atoms. The van der Waals surface area contributed by atoms with E-state index in [0.29, 0.717) is 30.6 Å². The third-order valence-electron chi connectivity index (χ3n) is 6.91. The number of nitrogens with one attached hydrogen (secondary N) is 1. The molecule has 3 aromatic rings. The van der Waals surface area contributed by atoms with E-state index in [0.717, 1.165) is 5.56 Å². The lowest BCUT2D eigenvalue weighted by atomic mass is 9.83. The summed E-state index contributed by atoms with van der Waals surface area (Å²) >= 11 is 6.05. The van der Waals surface area contributed by atoms with Crippen molar-refractivity contribution in [3.8, 4) is 0 Å². The molecule has 2 amide bonds. The summed E-state index contributed by atoms with van der Waals surface area (Å²) in [6, 6.07) is 12.5. The number of hydrogen-bond acceptors (Lipinski definition) is 5. The molecule has 1 aromatic heterocycles. The van der Waals surface area contributed by atoms with Gasteiger partial charge in [0, 0.05) is 19.9 Å². The quantitative estimate of drug-likeness (QED) is 0.520. The van der Waals surface area contributed by atoms with Crippen LogP contribution in [-0.2, 0) is 15.1 Å². The number of likely N-dealkylation sites (tertiary alicyclic amines) is 1. The number of benzene rings is 2. The van der Waals surface area contributed by atoms with E-state index in [4.69, 9.17) is 21.1 Å². The molecule has 2 aliphatic heterocycles. The van der Waals surface area contributed by atoms with E-state index in [9.17, 15) is 9.59 Å². The highest BCUT2D eigenvalue weighted by molar-refractivity contribution is 6.31. The van der Waals surface area contributed by atoms with Gasteiger partial charge in [-0.15, -0.1) is 0 Å². The van der Waals surface area contributed by atoms with Crippen LogP contribution in [0.1, 0.15) is 47.3 Å². The first-order valence-corrected chi connectivity index (χ1v) is 12.1. The third-order valence-corrected chi connectivity index (χ3v) is 7.20. The van der Waals surface area contributed by atoms with Crippen LogP contribution in [0.15, 0.2) is 54.9 Å². The van der Waals surface area contributed by atoms with Gasteiger partial charge in [0.05, 0.1) is 40.7 Å². The number of fused-ring (bicyclic) bond motifs is 2. The van der Waals surface area contributed by atoms with Gasteiger partial charge >= 0.3 is 6.09 Å². The topological polar surface area (TPSA) is 85.7 Å². The lowest BCUT2D eigenvalue weighted by Gasteiger charge is -2.45. The number of nitrogens with zero attached hydrogens (tertiary/aromatic N) is 3. The van der Waals surface area contributed by atoms with Crippen LogP contribution in [0.3, 0.4) is 0 Å². The first-order chi connectivity index (χ1) is 17.3. The zero-order valence-electron chi connectivity index (χ0n) is 19.9. The molecule has 1 N–H and O–H groups in total. The molecule has 2 aliphatic rings. The average Bonchev–Trinajstić information content (AvgIpc) is 3.36. The molecule has 0 aliphatic carbocycles. The van der Waals surface area contributed by atoms with Gasteiger partial charge in [-0.25, -0.2) is 9.18 Å². The SMILES string of the molecule is CO[C@H](C)[C@H](c1ccccc1)n1cc(C(=O)N2CCC[C@@]3(C2)OC(=O)Nc2ccc(Cl)c(F)c23)cn1. The zero-order valence-corrected chi connectivity index (χ0v) is 20.7. The number of anilines is 1. The standard InChI is InChI=1S/C26H26ClFN4O4/c1-16(35-2)23(17-7-4-3-5-8-17)32-14-18(13-29-32)24(33)31-12-6-11-26(15-31)21-20(30-25(34)36-26)10-9-19(27)22(21)28/h3-5,7-10,13-14,16,23H,6,11-12,15H2,1-2H3,(H,30,34)/t16-,23-,26+/m1/s1. The fraction of sp³-hybridized carbons (Fsp3) is 0.346. The van der Waals surface area contributed by atoms with Crippen LogP contribution < -0.4 is 5.32 Å². The Morgan fingerprint density at radius 3 is 2.81 bits per heavy atom. The molecule has 0 radical (unpaired) electrons. The molecule has 1 fully saturated rings. The molecule has 5 rings (SSSR count). The lowest BCUT2D eigenvalue weighted by molar-refractivity contribution is -0.0418. The van der Waals surface area contributed by atoms with Gasteiger partial charge in [0.1, 0.15) is 6.04 Å². The Morgan fingerprint density at radius 1 is 1.28 bits per heavy atom. The summed E-state index contributed by atoms with van der Waals surface area (Å²) in [4.78, 5) is 27.5. The van der Waals surface area contributed by atoms with Crippen LogP contribution in [0.4, 0.5) is 14.9 Å². The summed E-state index contributed by atoms with van der Waals surface area (Å²) in [5.41, 5.74) is 0.517. The van der Waals surface area contributed by atoms with Gasteiger partial charge in [0.25, 0.3) is 5.91 Å². The van der Waals surface area contributed by atoms with E-state index in [2.05, 4.69) is 10.4 Å². The molecular weight excluding hydrogens is 487 g/mol. The van der Waals surface area contributed by atoms with Crippen molar-refractivity contribution < 1.29 is 23.5 Å². The number of rotatable bonds is 5. The normalized spacial score (nSPS) is 20.9. The Bertz CT molecular complexity index is 1300. The zero-order chi connectivity index (χ0) is 25.4. The number of carbonyl (C=O) groups excluding carboxylic acids is 2. The summed E-state index contributed by atoms with van der Waals surface area (Å²) in [6.45, 7) is 2.38. The fourth-order valence-corrected chi connectivity index (χ4v) is 5.31. The number of carbonyl (C=O) groups is 2. The number of ether oxygens (including phenoxy) is 2. The highest BCUT2D eigenvalue weighted by Gasteiger charge is 2.48. The lowest BCUT2D eigenvalue weighted by Crippen LogP contribution is -2.53. The third kappa shape index (κ3) is 4.22. The van der Waals surface area contributed by atoms with Gasteiger partial charge in [-0.1, -0.05) is 41.9 Å². The number of piperidine rings is 1. The summed E-state index contributed by atoms with van der Waals surface area (Å²) in [7, 11) is 1.63. The molecule has 1 spiro atoms. The highest BCUT2D eigenvalue weighted by Crippen LogP contribution is 2.45. The van der Waals surface area contributed by atoms with Crippen molar-refractivity contribution in [1.82, 2.24) is 14.7 Å². The van der Waals surface area contributed by atoms with Crippen molar-refractivity contribution in [2.45, 2.75) is 37.5 Å². The van der Waals surface area contributed by atoms with Crippen LogP contribution in [0.2, 0.25) is 5.02 Å². The van der Waals surface area contributed by atoms with Crippen molar-refractivity contribution in [2.75, 3.05) is 25.5 Å². The number of amides is 2. The van der Waals surface area contributed by atoms with E-state index in [1.165, 1.54) is 12.3 Å². The fourth-order valence-electron chi connectivity index (χ4n) is 5.15. The second-order valence-electron chi connectivity index (χ2n) is 9.13. The molecule has 0 saturated carbocycles. The second-order valence-corrected chi connectivity index (χ2v) is 9.54. The van der Waals surface area contributed by atoms with Crippen LogP contribution >= 0.6 is 11.6 Å². The van der Waals surface area contributed by atoms with Crippen molar-refractivity contribution >= 4 is 29.3 Å². The summed E-state index contributed by atoms with van der Waals surface area (Å²) in [6.07, 6.45) is 3.21. The molecule has 8 nitrogen and oxygen atoms in total. The average molecular weight is 513 g/mol. The predicted molar refractivity (Wildman–Crippen MR) is 132 cm³/mol. The Hall–Kier alpha value is -3.43. The highest BCUT2D eigenvalue weighted by atomic mass is 35.5. The van der Waals surface area contributed by atoms with Gasteiger partial charge in [0.2, 0.25) is 0 Å². The number of hydrogen-bond donors (Lipinski definition) is 1. The number of halogens is 2. The Morgan fingerprint density at radius 2 is 2.06 bits per heavy atom. The van der Waals surface area contributed by atoms with Crippen molar-refractivity contribution in [3.63, 3.8) is 0 Å². The van der Waals surface area contributed by atoms with Gasteiger partial charge < -0.3 is 14.4 Å². The van der Waals surface area contributed by atoms with Crippen LogP contribution in [-0.4, -0.2) is 53.0 Å². The van der Waals surface area contributed by atoms with E-state index >= 15 is 4.39 Å². The molecule has 3 atom stereocenters. The van der Waals surface area contributed by atoms with Gasteiger partial charge in [0.15, 0.2) is 11.4 Å². The first kappa shape index (κ1) is 24.3. The van der Waals surface area contributed by atoms with E-state index < -0.39 is 17.5 Å². The van der Waals surface area contributed by atoms with Gasteiger partial charge in [-0.3, -0.25) is 14.8 Å². The second kappa shape index (κ2) is 9.55. The maximum atomic E-state index is 15.2. The van der Waals surface area contributed by atoms with Crippen LogP contribution in [0, 0.1) is 5.82 Å². The van der Waals surface area contributed by atoms with Crippen molar-refractivity contribution in [3.05, 3.63) is 82.4 Å². The van der Waals surface area contributed by atoms with Crippen LogP contribution in [0.5, 0.6) is 0 Å². The molecule has 188 valence electrons. The predicted octanol–water partition coefficient (Wildman–Crippen LogP) is 4.99. The molecule has 2 aromatic carbocycles. The maximum absolute atomic E-state index is 15.2. The van der Waals surface area contributed by atoms with E-state index in [-0.39, 0.29) is 35.2 Å². The van der Waals surface area contributed by atoms with Gasteiger partial charge in [-0.2, -0.15) is 5.10 Å². The molecule has 36 heavy (non-hydrogen) atoms. The van der Waals surface area contributed by atoms with Crippen LogP contribution in [0.25, 0.3) is 0 Å². The van der Waals surface area contributed by atoms with Gasteiger partial charge in [-0.05, 0) is 37.5 Å². The minimum Gasteiger partial charge on any atom is -0.436 e. The Kier molecular flexibility index (Phi) is 6.44. The van der Waals surface area contributed by atoms with Crippen molar-refractivity contribution in [2.24, 2.45) is 0 Å². The van der Waals surface area contributed by atoms with E-state index in [1.54, 1.807) is 29.0 Å². The minimum atomic E-state index is -1.33. The molecular formula is C26H26ClFN4O4. The summed E-state index contributed by atoms with van der Waals surface area (Å²) in [5, 5.41) is 6.93. The summed E-state index contributed by atoms with van der Waals surface area (Å²) in [5.74, 6) is -0.939. The summed E-state index contributed by atoms with van der Waals surface area (Å²) < 4.78 is 28.1. The smallest absolute Gasteiger partial charge is 0.412 e. The number of aromatic nitrogens is 2. The van der Waals surface area contributed by atoms with Crippen molar-refractivity contribution in [1.29, 1.82) is 0 Å². The molecule has 3 heterocycles. The van der Waals surface area contributed by atoms with E-state index in [1.807, 2.05) is 37.3 Å². The first-order valence-electron chi connectivity index (χ1n) is 11.7. The number of methoxy groups -OCH3 is 1. The minimum absolute atomic E-state index is 0.00524. The Labute approximate surface area is 212 Å². The molecule has 1 saturated heterocycles. The Balaban J connectivity index is 1.44. The molecule has 10 heteroatoms.